The Hall–Kier alpha value is -3.55. The van der Waals surface area contributed by atoms with Crippen LogP contribution in [0.2, 0.25) is 0 Å². The predicted octanol–water partition coefficient (Wildman–Crippen LogP) is -2.04. The van der Waals surface area contributed by atoms with E-state index in [1.165, 1.54) is 42.5 Å². The van der Waals surface area contributed by atoms with E-state index in [0.717, 1.165) is 6.08 Å². The maximum absolute atomic E-state index is 12.7. The number of benzene rings is 2. The molecular formula is C29H36O16. The van der Waals surface area contributed by atoms with E-state index in [1.807, 2.05) is 0 Å². The molecule has 0 aliphatic carbocycles. The van der Waals surface area contributed by atoms with Gasteiger partial charge < -0.3 is 74.7 Å². The van der Waals surface area contributed by atoms with Crippen molar-refractivity contribution < 1.29 is 79.5 Å². The third-order valence-corrected chi connectivity index (χ3v) is 7.29. The van der Waals surface area contributed by atoms with Gasteiger partial charge >= 0.3 is 5.97 Å². The number of ether oxygens (including phenoxy) is 5. The topological polar surface area (TPSA) is 266 Å². The highest BCUT2D eigenvalue weighted by molar-refractivity contribution is 5.87. The highest BCUT2D eigenvalue weighted by atomic mass is 16.7. The third-order valence-electron chi connectivity index (χ3n) is 7.29. The molecule has 16 nitrogen and oxygen atoms in total. The SMILES string of the molecule is O=C(/C=C/c1ccc(O)c(O)c1)O[C@H]1[C@@H](O)[C@H](OCCc2ccc(O)c(O)c2)O[C@H](CO[C@@H]2O[C@H](CO)[C@@H](O)[C@@H](O)[C@H]2O)[C@H]1O. The molecule has 248 valence electrons. The van der Waals surface area contributed by atoms with Crippen LogP contribution in [0, 0.1) is 0 Å². The zero-order valence-electron chi connectivity index (χ0n) is 23.6. The van der Waals surface area contributed by atoms with Gasteiger partial charge in [-0.1, -0.05) is 12.1 Å². The number of hydrogen-bond acceptors (Lipinski definition) is 16. The summed E-state index contributed by atoms with van der Waals surface area (Å²) in [6.45, 7) is -1.38. The second-order valence-corrected chi connectivity index (χ2v) is 10.5. The normalized spacial score (nSPS) is 32.0. The molecule has 0 unspecified atom stereocenters. The van der Waals surface area contributed by atoms with E-state index in [9.17, 15) is 55.9 Å². The molecule has 2 fully saturated rings. The van der Waals surface area contributed by atoms with Crippen molar-refractivity contribution in [3.8, 4) is 23.0 Å². The number of phenols is 4. The van der Waals surface area contributed by atoms with Crippen LogP contribution in [0.15, 0.2) is 42.5 Å². The van der Waals surface area contributed by atoms with Crippen molar-refractivity contribution in [1.29, 1.82) is 0 Å². The molecule has 10 N–H and O–H groups in total. The van der Waals surface area contributed by atoms with Gasteiger partial charge in [0.05, 0.1) is 19.8 Å². The second-order valence-electron chi connectivity index (χ2n) is 10.5. The number of carbonyl (C=O) groups excluding carboxylic acids is 1. The summed E-state index contributed by atoms with van der Waals surface area (Å²) in [5, 5.41) is 100.0. The van der Waals surface area contributed by atoms with E-state index in [4.69, 9.17) is 23.7 Å². The summed E-state index contributed by atoms with van der Waals surface area (Å²) in [5.74, 6) is -2.47. The number of aliphatic hydroxyl groups excluding tert-OH is 6. The van der Waals surface area contributed by atoms with E-state index in [-0.39, 0.29) is 30.3 Å². The smallest absolute Gasteiger partial charge is 0.331 e. The minimum atomic E-state index is -1.75. The number of rotatable bonds is 11. The first-order chi connectivity index (χ1) is 21.4. The van der Waals surface area contributed by atoms with E-state index in [2.05, 4.69) is 0 Å². The molecule has 2 aromatic rings. The number of phenolic OH excluding ortho intramolecular Hbond substituents is 4. The van der Waals surface area contributed by atoms with Gasteiger partial charge in [0.2, 0.25) is 0 Å². The lowest BCUT2D eigenvalue weighted by Gasteiger charge is -2.43. The van der Waals surface area contributed by atoms with Crippen molar-refractivity contribution in [2.45, 2.75) is 67.8 Å². The van der Waals surface area contributed by atoms with Crippen LogP contribution in [0.1, 0.15) is 11.1 Å². The minimum absolute atomic E-state index is 0.104. The lowest BCUT2D eigenvalue weighted by Crippen LogP contribution is -2.62. The Labute approximate surface area is 256 Å². The number of aromatic hydroxyl groups is 4. The summed E-state index contributed by atoms with van der Waals surface area (Å²) >= 11 is 0. The molecular weight excluding hydrogens is 604 g/mol. The van der Waals surface area contributed by atoms with Gasteiger partial charge in [-0.2, -0.15) is 0 Å². The largest absolute Gasteiger partial charge is 0.504 e. The fourth-order valence-corrected chi connectivity index (χ4v) is 4.71. The average molecular weight is 641 g/mol. The summed E-state index contributed by atoms with van der Waals surface area (Å²) in [7, 11) is 0. The standard InChI is InChI=1S/C29H36O16/c30-11-19-22(36)24(38)25(39)28(43-19)42-12-20-23(37)27(45-21(35)6-3-13-1-4-15(31)17(33)9-13)26(40)29(44-20)41-8-7-14-2-5-16(32)18(34)10-14/h1-6,9-10,19-20,22-34,36-40H,7-8,11-12H2/b6-3+/t19-,20-,22-,23-,24-,25-,26-,27-,28-,29-/m1/s1. The molecule has 45 heavy (non-hydrogen) atoms. The highest BCUT2D eigenvalue weighted by Crippen LogP contribution is 2.29. The monoisotopic (exact) mass is 640 g/mol. The molecule has 0 spiro atoms. The fourth-order valence-electron chi connectivity index (χ4n) is 4.71. The summed E-state index contributed by atoms with van der Waals surface area (Å²) in [5.41, 5.74) is 0.883. The molecule has 2 heterocycles. The van der Waals surface area contributed by atoms with Gasteiger partial charge in [-0.05, 0) is 47.9 Å². The molecule has 10 atom stereocenters. The van der Waals surface area contributed by atoms with Crippen LogP contribution >= 0.6 is 0 Å². The van der Waals surface area contributed by atoms with Crippen molar-refractivity contribution in [3.63, 3.8) is 0 Å². The molecule has 2 aromatic carbocycles. The zero-order chi connectivity index (χ0) is 32.8. The molecule has 4 rings (SSSR count). The summed E-state index contributed by atoms with van der Waals surface area (Å²) < 4.78 is 27.5. The number of hydrogen-bond donors (Lipinski definition) is 10. The summed E-state index contributed by atoms with van der Waals surface area (Å²) in [4.78, 5) is 12.7. The van der Waals surface area contributed by atoms with Crippen LogP contribution in [-0.2, 0) is 34.9 Å². The van der Waals surface area contributed by atoms with Crippen molar-refractivity contribution in [2.75, 3.05) is 19.8 Å². The molecule has 0 radical (unpaired) electrons. The minimum Gasteiger partial charge on any atom is -0.504 e. The lowest BCUT2D eigenvalue weighted by molar-refractivity contribution is -0.331. The average Bonchev–Trinajstić information content (AvgIpc) is 3.01. The first-order valence-electron chi connectivity index (χ1n) is 13.9. The van der Waals surface area contributed by atoms with Crippen LogP contribution in [0.5, 0.6) is 23.0 Å². The molecule has 0 saturated carbocycles. The lowest BCUT2D eigenvalue weighted by atomic mass is 9.98. The van der Waals surface area contributed by atoms with Gasteiger partial charge in [0, 0.05) is 6.08 Å². The van der Waals surface area contributed by atoms with Gasteiger partial charge in [-0.25, -0.2) is 4.79 Å². The Kier molecular flexibility index (Phi) is 11.6. The third kappa shape index (κ3) is 8.39. The van der Waals surface area contributed by atoms with Gasteiger partial charge in [0.1, 0.15) is 42.7 Å². The van der Waals surface area contributed by atoms with E-state index in [0.29, 0.717) is 11.1 Å². The summed E-state index contributed by atoms with van der Waals surface area (Å²) in [6.07, 6.45) is -13.5. The van der Waals surface area contributed by atoms with Gasteiger partial charge in [-0.3, -0.25) is 0 Å². The van der Waals surface area contributed by atoms with Crippen LogP contribution in [0.25, 0.3) is 6.08 Å². The number of esters is 1. The van der Waals surface area contributed by atoms with Crippen molar-refractivity contribution in [2.24, 2.45) is 0 Å². The van der Waals surface area contributed by atoms with Crippen LogP contribution in [0.3, 0.4) is 0 Å². The number of carbonyl (C=O) groups is 1. The Morgan fingerprint density at radius 3 is 2.04 bits per heavy atom. The maximum atomic E-state index is 12.7. The first kappa shape index (κ1) is 34.3. The van der Waals surface area contributed by atoms with Crippen molar-refractivity contribution in [3.05, 3.63) is 53.6 Å². The van der Waals surface area contributed by atoms with E-state index in [1.54, 1.807) is 0 Å². The maximum Gasteiger partial charge on any atom is 0.331 e. The Morgan fingerprint density at radius 1 is 0.733 bits per heavy atom. The van der Waals surface area contributed by atoms with Gasteiger partial charge in [-0.15, -0.1) is 0 Å². The molecule has 2 aliphatic rings. The predicted molar refractivity (Wildman–Crippen MR) is 149 cm³/mol. The highest BCUT2D eigenvalue weighted by Gasteiger charge is 2.49. The molecule has 16 heteroatoms. The molecule has 2 saturated heterocycles. The van der Waals surface area contributed by atoms with Gasteiger partial charge in [0.15, 0.2) is 41.7 Å². The van der Waals surface area contributed by atoms with Crippen LogP contribution < -0.4 is 0 Å². The van der Waals surface area contributed by atoms with Crippen molar-refractivity contribution >= 4 is 12.0 Å². The summed E-state index contributed by atoms with van der Waals surface area (Å²) in [6, 6.07) is 7.91. The fraction of sp³-hybridized carbons (Fsp3) is 0.483. The van der Waals surface area contributed by atoms with E-state index >= 15 is 0 Å². The second kappa shape index (κ2) is 15.2. The Bertz CT molecular complexity index is 1320. The number of aliphatic hydroxyl groups is 6. The quantitative estimate of drug-likeness (QED) is 0.0720. The van der Waals surface area contributed by atoms with Crippen LogP contribution in [-0.4, -0.2) is 138 Å². The molecule has 0 bridgehead atoms. The van der Waals surface area contributed by atoms with E-state index < -0.39 is 86.3 Å². The molecule has 0 aromatic heterocycles. The zero-order valence-corrected chi connectivity index (χ0v) is 23.6. The Balaban J connectivity index is 1.46. The Morgan fingerprint density at radius 2 is 1.38 bits per heavy atom. The van der Waals surface area contributed by atoms with Crippen molar-refractivity contribution in [1.82, 2.24) is 0 Å². The molecule has 0 amide bonds. The van der Waals surface area contributed by atoms with Crippen LogP contribution in [0.4, 0.5) is 0 Å². The van der Waals surface area contributed by atoms with Gasteiger partial charge in [0.25, 0.3) is 0 Å². The molecule has 2 aliphatic heterocycles. The first-order valence-corrected chi connectivity index (χ1v) is 13.9.